The number of rotatable bonds is 75. The summed E-state index contributed by atoms with van der Waals surface area (Å²) in [6.07, 6.45) is 89.5. The highest BCUT2D eigenvalue weighted by molar-refractivity contribution is 7.47. The van der Waals surface area contributed by atoms with Gasteiger partial charge in [-0.3, -0.25) is 32.5 Å². The summed E-state index contributed by atoms with van der Waals surface area (Å²) in [6.45, 7) is 2.55. The Morgan fingerprint density at radius 2 is 0.525 bits per heavy atom. The standard InChI is InChI=1S/C83H144O16P2/c1-4-7-10-13-16-19-22-25-27-29-31-33-35-37-38-40-42-43-45-47-49-52-54-57-60-63-66-69-81(86)93-72-78(84)73-95-100(89,90)96-74-79(85)75-97-101(91,92)98-77-80(99-83(88)71-68-65-62-59-56-51-24-21-18-15-12-9-6-3)76-94-82(87)70-67-64-61-58-55-53-50-48-46-44-41-39-36-34-32-30-28-26-23-20-17-14-11-8-5-2/h7,10,16-17,19-20,25-28,31-34,37-39,41-43,78-80,84-85H,4-6,8-9,11-15,18,21-24,29-30,35-36,40,44-77H2,1-3H3,(H,89,90)(H,91,92)/b10-7-,19-16-,20-17-,27-25-,28-26-,33-31-,34-32-,38-37-,41-39-,43-42-. The minimum Gasteiger partial charge on any atom is -0.463 e. The van der Waals surface area contributed by atoms with E-state index < -0.39 is 91.5 Å². The third kappa shape index (κ3) is 76.9. The maximum absolute atomic E-state index is 13.0. The number of phosphoric acid groups is 2. The topological polar surface area (TPSA) is 231 Å². The smallest absolute Gasteiger partial charge is 0.463 e. The van der Waals surface area contributed by atoms with E-state index in [0.29, 0.717) is 19.3 Å². The van der Waals surface area contributed by atoms with Crippen molar-refractivity contribution in [1.82, 2.24) is 0 Å². The van der Waals surface area contributed by atoms with E-state index >= 15 is 0 Å². The van der Waals surface area contributed by atoms with Gasteiger partial charge in [-0.15, -0.1) is 0 Å². The molecular weight excluding hydrogens is 1310 g/mol. The van der Waals surface area contributed by atoms with Crippen LogP contribution in [0.2, 0.25) is 0 Å². The van der Waals surface area contributed by atoms with Gasteiger partial charge in [0.15, 0.2) is 6.10 Å². The van der Waals surface area contributed by atoms with E-state index in [9.17, 15) is 43.5 Å². The fraction of sp³-hybridized carbons (Fsp3) is 0.723. The van der Waals surface area contributed by atoms with Crippen LogP contribution in [0.4, 0.5) is 0 Å². The summed E-state index contributed by atoms with van der Waals surface area (Å²) in [5.41, 5.74) is 0. The van der Waals surface area contributed by atoms with Gasteiger partial charge < -0.3 is 34.2 Å². The van der Waals surface area contributed by atoms with Crippen molar-refractivity contribution in [2.75, 3.05) is 39.6 Å². The molecule has 0 aromatic heterocycles. The number of esters is 3. The Morgan fingerprint density at radius 3 is 0.851 bits per heavy atom. The zero-order valence-corrected chi connectivity index (χ0v) is 65.3. The molecular formula is C83H144O16P2. The van der Waals surface area contributed by atoms with Gasteiger partial charge in [0.2, 0.25) is 0 Å². The van der Waals surface area contributed by atoms with E-state index in [4.69, 9.17) is 32.3 Å². The fourth-order valence-corrected chi connectivity index (χ4v) is 12.2. The first-order valence-corrected chi connectivity index (χ1v) is 42.8. The molecule has 0 aromatic rings. The van der Waals surface area contributed by atoms with Gasteiger partial charge in [-0.2, -0.15) is 0 Å². The van der Waals surface area contributed by atoms with Crippen molar-refractivity contribution in [2.24, 2.45) is 0 Å². The van der Waals surface area contributed by atoms with E-state index in [1.165, 1.54) is 122 Å². The van der Waals surface area contributed by atoms with Crippen LogP contribution in [0.5, 0.6) is 0 Å². The first-order chi connectivity index (χ1) is 49.2. The Bertz CT molecular complexity index is 2320. The van der Waals surface area contributed by atoms with Crippen molar-refractivity contribution < 1.29 is 75.8 Å². The molecule has 0 heterocycles. The second-order valence-corrected chi connectivity index (χ2v) is 29.4. The van der Waals surface area contributed by atoms with Crippen molar-refractivity contribution in [2.45, 2.75) is 347 Å². The van der Waals surface area contributed by atoms with Gasteiger partial charge in [0, 0.05) is 19.3 Å². The molecule has 0 aliphatic heterocycles. The van der Waals surface area contributed by atoms with Gasteiger partial charge in [-0.25, -0.2) is 9.13 Å². The van der Waals surface area contributed by atoms with Gasteiger partial charge in [0.25, 0.3) is 0 Å². The molecule has 0 fully saturated rings. The van der Waals surface area contributed by atoms with Gasteiger partial charge in [0.05, 0.1) is 26.4 Å². The predicted molar refractivity (Wildman–Crippen MR) is 417 cm³/mol. The largest absolute Gasteiger partial charge is 0.472 e. The number of hydrogen-bond acceptors (Lipinski definition) is 14. The molecule has 0 rings (SSSR count). The lowest BCUT2D eigenvalue weighted by molar-refractivity contribution is -0.161. The molecule has 0 aliphatic rings. The van der Waals surface area contributed by atoms with E-state index in [1.54, 1.807) is 0 Å². The molecule has 0 amide bonds. The minimum absolute atomic E-state index is 0.105. The number of ether oxygens (including phenoxy) is 3. The van der Waals surface area contributed by atoms with E-state index in [1.807, 2.05) is 0 Å². The maximum atomic E-state index is 13.0. The highest BCUT2D eigenvalue weighted by Crippen LogP contribution is 2.45. The van der Waals surface area contributed by atoms with Crippen molar-refractivity contribution in [3.8, 4) is 0 Å². The number of allylic oxidation sites excluding steroid dienone is 20. The first kappa shape index (κ1) is 97.0. The average molecular weight is 1460 g/mol. The molecule has 582 valence electrons. The van der Waals surface area contributed by atoms with Crippen molar-refractivity contribution in [1.29, 1.82) is 0 Å². The fourth-order valence-electron chi connectivity index (χ4n) is 10.6. The normalized spacial score (nSPS) is 14.6. The number of phosphoric ester groups is 2. The highest BCUT2D eigenvalue weighted by atomic mass is 31.2. The molecule has 0 radical (unpaired) electrons. The lowest BCUT2D eigenvalue weighted by atomic mass is 10.0. The van der Waals surface area contributed by atoms with E-state index in [2.05, 4.69) is 142 Å². The van der Waals surface area contributed by atoms with Crippen molar-refractivity contribution in [3.05, 3.63) is 122 Å². The summed E-state index contributed by atoms with van der Waals surface area (Å²) in [6, 6.07) is 0. The molecule has 5 unspecified atom stereocenters. The number of carbonyl (C=O) groups excluding carboxylic acids is 3. The second kappa shape index (κ2) is 75.6. The molecule has 16 nitrogen and oxygen atoms in total. The quantitative estimate of drug-likeness (QED) is 0.0146. The van der Waals surface area contributed by atoms with Crippen LogP contribution in [0, 0.1) is 0 Å². The number of unbranched alkanes of at least 4 members (excludes halogenated alkanes) is 32. The van der Waals surface area contributed by atoms with Gasteiger partial charge >= 0.3 is 33.6 Å². The van der Waals surface area contributed by atoms with Crippen LogP contribution in [0.1, 0.15) is 329 Å². The first-order valence-electron chi connectivity index (χ1n) is 39.8. The monoisotopic (exact) mass is 1460 g/mol. The number of hydrogen-bond donors (Lipinski definition) is 4. The summed E-state index contributed by atoms with van der Waals surface area (Å²) in [7, 11) is -9.79. The Kier molecular flexibility index (Phi) is 72.6. The summed E-state index contributed by atoms with van der Waals surface area (Å²) in [5, 5.41) is 20.6. The Hall–Kier alpha value is -4.05. The van der Waals surface area contributed by atoms with Crippen LogP contribution in [-0.4, -0.2) is 95.9 Å². The van der Waals surface area contributed by atoms with Crippen molar-refractivity contribution >= 4 is 33.6 Å². The maximum Gasteiger partial charge on any atom is 0.472 e. The van der Waals surface area contributed by atoms with Gasteiger partial charge in [0.1, 0.15) is 25.4 Å². The predicted octanol–water partition coefficient (Wildman–Crippen LogP) is 23.3. The lowest BCUT2D eigenvalue weighted by Gasteiger charge is -2.21. The van der Waals surface area contributed by atoms with Crippen LogP contribution >= 0.6 is 15.6 Å². The van der Waals surface area contributed by atoms with Crippen LogP contribution in [0.25, 0.3) is 0 Å². The molecule has 0 aromatic carbocycles. The molecule has 18 heteroatoms. The van der Waals surface area contributed by atoms with E-state index in [0.717, 1.165) is 148 Å². The summed E-state index contributed by atoms with van der Waals surface area (Å²) in [4.78, 5) is 58.6. The lowest BCUT2D eigenvalue weighted by Crippen LogP contribution is -2.30. The highest BCUT2D eigenvalue weighted by Gasteiger charge is 2.29. The number of aliphatic hydroxyl groups excluding tert-OH is 2. The third-order valence-electron chi connectivity index (χ3n) is 16.7. The molecule has 5 atom stereocenters. The molecule has 0 saturated carbocycles. The Balaban J connectivity index is 4.54. The second-order valence-electron chi connectivity index (χ2n) is 26.5. The molecule has 101 heavy (non-hydrogen) atoms. The Morgan fingerprint density at radius 1 is 0.287 bits per heavy atom. The SMILES string of the molecule is CC/C=C\C/C=C\C/C=C\C/C=C\C/C=C\C/C=C\CCCCCCCCCCC(=O)OCC(O)COP(=O)(O)OCC(O)COP(=O)(O)OCC(COC(=O)CCCCCCCCCCC/C=C\C/C=C\C/C=C\C/C=C\CCCCC)OC(=O)CCCCCCCCCCCCCCC. The van der Waals surface area contributed by atoms with Gasteiger partial charge in [-0.05, 0) is 116 Å². The summed E-state index contributed by atoms with van der Waals surface area (Å²) >= 11 is 0. The van der Waals surface area contributed by atoms with Gasteiger partial charge in [-0.1, -0.05) is 316 Å². The summed E-state index contributed by atoms with van der Waals surface area (Å²) in [5.74, 6) is -1.58. The molecule has 4 N–H and O–H groups in total. The van der Waals surface area contributed by atoms with Crippen molar-refractivity contribution in [3.63, 3.8) is 0 Å². The molecule has 0 aliphatic carbocycles. The Labute approximate surface area is 614 Å². The van der Waals surface area contributed by atoms with Crippen LogP contribution in [0.15, 0.2) is 122 Å². The van der Waals surface area contributed by atoms with Crippen LogP contribution in [0.3, 0.4) is 0 Å². The van der Waals surface area contributed by atoms with Crippen LogP contribution < -0.4 is 0 Å². The van der Waals surface area contributed by atoms with E-state index in [-0.39, 0.29) is 19.3 Å². The number of carbonyl (C=O) groups is 3. The number of aliphatic hydroxyl groups is 2. The zero-order chi connectivity index (χ0) is 73.7. The summed E-state index contributed by atoms with van der Waals surface area (Å²) < 4.78 is 61.1. The zero-order valence-electron chi connectivity index (χ0n) is 63.5. The molecule has 0 spiro atoms. The average Bonchev–Trinajstić information content (AvgIpc) is 0.949. The third-order valence-corrected chi connectivity index (χ3v) is 18.6. The minimum atomic E-state index is -4.93. The van der Waals surface area contributed by atoms with Crippen LogP contribution in [-0.2, 0) is 55.8 Å². The molecule has 0 bridgehead atoms. The molecule has 0 saturated heterocycles.